The fraction of sp³-hybridized carbons (Fsp3) is 0.750. The summed E-state index contributed by atoms with van der Waals surface area (Å²) in [6, 6.07) is 2.60. The van der Waals surface area contributed by atoms with Crippen LogP contribution in [0.3, 0.4) is 0 Å². The number of nitrogens with one attached hydrogen (secondary N) is 1. The highest BCUT2D eigenvalue weighted by Gasteiger charge is 2.45. The summed E-state index contributed by atoms with van der Waals surface area (Å²) in [4.78, 5) is 3.93. The molecule has 1 aliphatic carbocycles. The van der Waals surface area contributed by atoms with Crippen LogP contribution < -0.4 is 5.32 Å². The molecule has 0 aliphatic heterocycles. The second-order valence-electron chi connectivity index (χ2n) is 6.32. The molecule has 3 atom stereocenters. The first kappa shape index (κ1) is 16.5. The summed E-state index contributed by atoms with van der Waals surface area (Å²) in [6.07, 6.45) is 5.28. The molecule has 0 aromatic carbocycles. The maximum atomic E-state index is 3.78. The lowest BCUT2D eigenvalue weighted by molar-refractivity contribution is 0.0382. The van der Waals surface area contributed by atoms with Crippen molar-refractivity contribution in [1.29, 1.82) is 0 Å². The largest absolute Gasteiger partial charge is 0.308 e. The fourth-order valence-corrected chi connectivity index (χ4v) is 5.52. The molecule has 1 N–H and O–H groups in total. The van der Waals surface area contributed by atoms with Crippen LogP contribution in [0.1, 0.15) is 50.4 Å². The summed E-state index contributed by atoms with van der Waals surface area (Å²) >= 11 is 5.62. The molecule has 0 saturated heterocycles. The average Bonchev–Trinajstić information content (AvgIpc) is 2.81. The molecule has 20 heavy (non-hydrogen) atoms. The molecule has 0 spiro atoms. The Morgan fingerprint density at radius 1 is 1.55 bits per heavy atom. The van der Waals surface area contributed by atoms with E-state index < -0.39 is 0 Å². The standard InChI is InChI=1S/C16H27BrN2S/c1-5-18-15(14-13(17)8-10-20-14)16(19(3)4)9-6-7-12(2)11-16/h8,10,12,15,18H,5-7,9,11H2,1-4H3. The van der Waals surface area contributed by atoms with Gasteiger partial charge in [0.15, 0.2) is 0 Å². The van der Waals surface area contributed by atoms with Gasteiger partial charge in [0.2, 0.25) is 0 Å². The van der Waals surface area contributed by atoms with Crippen molar-refractivity contribution in [2.75, 3.05) is 20.6 Å². The first-order valence-electron chi connectivity index (χ1n) is 7.65. The van der Waals surface area contributed by atoms with Gasteiger partial charge in [0, 0.05) is 14.9 Å². The zero-order valence-corrected chi connectivity index (χ0v) is 15.5. The Morgan fingerprint density at radius 3 is 2.80 bits per heavy atom. The summed E-state index contributed by atoms with van der Waals surface area (Å²) in [5.74, 6) is 0.811. The van der Waals surface area contributed by atoms with E-state index in [0.717, 1.165) is 12.5 Å². The van der Waals surface area contributed by atoms with Crippen molar-refractivity contribution >= 4 is 27.3 Å². The van der Waals surface area contributed by atoms with Gasteiger partial charge in [-0.1, -0.05) is 26.7 Å². The third-order valence-corrected chi connectivity index (χ3v) is 6.69. The first-order valence-corrected chi connectivity index (χ1v) is 9.32. The summed E-state index contributed by atoms with van der Waals surface area (Å²) in [6.45, 7) is 5.63. The van der Waals surface area contributed by atoms with Gasteiger partial charge in [0.25, 0.3) is 0 Å². The van der Waals surface area contributed by atoms with Crippen molar-refractivity contribution in [3.05, 3.63) is 20.8 Å². The number of rotatable bonds is 5. The molecule has 2 rings (SSSR count). The molecule has 0 amide bonds. The predicted molar refractivity (Wildman–Crippen MR) is 92.5 cm³/mol. The molecule has 1 heterocycles. The Kier molecular flexibility index (Phi) is 5.69. The summed E-state index contributed by atoms with van der Waals surface area (Å²) in [5, 5.41) is 5.97. The topological polar surface area (TPSA) is 15.3 Å². The molecular weight excluding hydrogens is 332 g/mol. The van der Waals surface area contributed by atoms with Gasteiger partial charge >= 0.3 is 0 Å². The fourth-order valence-electron chi connectivity index (χ4n) is 3.73. The Bertz CT molecular complexity index is 432. The number of hydrogen-bond donors (Lipinski definition) is 1. The second kappa shape index (κ2) is 6.91. The third-order valence-electron chi connectivity index (χ3n) is 4.75. The minimum absolute atomic E-state index is 0.237. The van der Waals surface area contributed by atoms with Gasteiger partial charge in [0.1, 0.15) is 0 Å². The molecule has 1 saturated carbocycles. The van der Waals surface area contributed by atoms with E-state index in [2.05, 4.69) is 65.5 Å². The van der Waals surface area contributed by atoms with E-state index in [1.54, 1.807) is 0 Å². The van der Waals surface area contributed by atoms with Crippen LogP contribution in [0.15, 0.2) is 15.9 Å². The van der Waals surface area contributed by atoms with Gasteiger partial charge in [-0.2, -0.15) is 0 Å². The van der Waals surface area contributed by atoms with Crippen LogP contribution in [-0.2, 0) is 0 Å². The zero-order chi connectivity index (χ0) is 14.8. The van der Waals surface area contributed by atoms with Crippen molar-refractivity contribution in [3.63, 3.8) is 0 Å². The average molecular weight is 359 g/mol. The van der Waals surface area contributed by atoms with E-state index in [1.807, 2.05) is 11.3 Å². The van der Waals surface area contributed by atoms with E-state index in [0.29, 0.717) is 6.04 Å². The van der Waals surface area contributed by atoms with Crippen LogP contribution in [0.4, 0.5) is 0 Å². The maximum absolute atomic E-state index is 3.78. The Hall–Kier alpha value is 0.1000. The van der Waals surface area contributed by atoms with Gasteiger partial charge in [0.05, 0.1) is 6.04 Å². The Labute approximate surface area is 136 Å². The normalized spacial score (nSPS) is 28.8. The Balaban J connectivity index is 2.40. The van der Waals surface area contributed by atoms with Gasteiger partial charge in [-0.05, 0) is 66.8 Å². The van der Waals surface area contributed by atoms with Gasteiger partial charge in [-0.3, -0.25) is 0 Å². The van der Waals surface area contributed by atoms with Crippen LogP contribution in [0, 0.1) is 5.92 Å². The highest BCUT2D eigenvalue weighted by atomic mass is 79.9. The molecule has 4 heteroatoms. The molecular formula is C16H27BrN2S. The van der Waals surface area contributed by atoms with Gasteiger partial charge < -0.3 is 10.2 Å². The molecule has 2 nitrogen and oxygen atoms in total. The lowest BCUT2D eigenvalue weighted by atomic mass is 9.71. The quantitative estimate of drug-likeness (QED) is 0.822. The monoisotopic (exact) mass is 358 g/mol. The SMILES string of the molecule is CCNC(c1sccc1Br)C1(N(C)C)CCCC(C)C1. The number of hydrogen-bond acceptors (Lipinski definition) is 3. The van der Waals surface area contributed by atoms with Crippen molar-refractivity contribution in [3.8, 4) is 0 Å². The zero-order valence-electron chi connectivity index (χ0n) is 13.1. The lowest BCUT2D eigenvalue weighted by Gasteiger charge is -2.50. The first-order chi connectivity index (χ1) is 9.51. The molecule has 1 aromatic rings. The highest BCUT2D eigenvalue weighted by Crippen LogP contribution is 2.46. The number of likely N-dealkylation sites (N-methyl/N-ethyl adjacent to an activating group) is 2. The third kappa shape index (κ3) is 3.13. The second-order valence-corrected chi connectivity index (χ2v) is 8.13. The van der Waals surface area contributed by atoms with Crippen LogP contribution >= 0.6 is 27.3 Å². The van der Waals surface area contributed by atoms with Crippen molar-refractivity contribution < 1.29 is 0 Å². The smallest absolute Gasteiger partial charge is 0.0613 e. The molecule has 1 fully saturated rings. The van der Waals surface area contributed by atoms with E-state index in [-0.39, 0.29) is 5.54 Å². The number of thiophene rings is 1. The van der Waals surface area contributed by atoms with Gasteiger partial charge in [-0.25, -0.2) is 0 Å². The summed E-state index contributed by atoms with van der Waals surface area (Å²) in [5.41, 5.74) is 0.237. The predicted octanol–water partition coefficient (Wildman–Crippen LogP) is 4.67. The maximum Gasteiger partial charge on any atom is 0.0613 e. The van der Waals surface area contributed by atoms with Crippen LogP contribution in [0.2, 0.25) is 0 Å². The van der Waals surface area contributed by atoms with E-state index in [9.17, 15) is 0 Å². The number of nitrogens with zero attached hydrogens (tertiary/aromatic N) is 1. The van der Waals surface area contributed by atoms with E-state index in [4.69, 9.17) is 0 Å². The molecule has 114 valence electrons. The van der Waals surface area contributed by atoms with E-state index in [1.165, 1.54) is 35.0 Å². The minimum atomic E-state index is 0.237. The molecule has 1 aromatic heterocycles. The summed E-state index contributed by atoms with van der Waals surface area (Å²) < 4.78 is 1.26. The van der Waals surface area contributed by atoms with Gasteiger partial charge in [-0.15, -0.1) is 11.3 Å². The van der Waals surface area contributed by atoms with Crippen LogP contribution in [0.25, 0.3) is 0 Å². The van der Waals surface area contributed by atoms with Crippen molar-refractivity contribution in [1.82, 2.24) is 10.2 Å². The molecule has 0 radical (unpaired) electrons. The minimum Gasteiger partial charge on any atom is -0.308 e. The molecule has 1 aliphatic rings. The van der Waals surface area contributed by atoms with Crippen LogP contribution in [-0.4, -0.2) is 31.1 Å². The molecule has 3 unspecified atom stereocenters. The summed E-state index contributed by atoms with van der Waals surface area (Å²) in [7, 11) is 4.51. The van der Waals surface area contributed by atoms with Crippen LogP contribution in [0.5, 0.6) is 0 Å². The Morgan fingerprint density at radius 2 is 2.30 bits per heavy atom. The van der Waals surface area contributed by atoms with Crippen molar-refractivity contribution in [2.45, 2.75) is 51.1 Å². The number of halogens is 1. The lowest BCUT2D eigenvalue weighted by Crippen LogP contribution is -2.56. The highest BCUT2D eigenvalue weighted by molar-refractivity contribution is 9.10. The van der Waals surface area contributed by atoms with Crippen molar-refractivity contribution in [2.24, 2.45) is 5.92 Å². The van der Waals surface area contributed by atoms with E-state index >= 15 is 0 Å². The molecule has 0 bridgehead atoms.